The average Bonchev–Trinajstić information content (AvgIpc) is 2.50. The Kier molecular flexibility index (Phi) is 2.81. The zero-order valence-corrected chi connectivity index (χ0v) is 11.9. The van der Waals surface area contributed by atoms with Crippen LogP contribution >= 0.6 is 11.6 Å². The summed E-state index contributed by atoms with van der Waals surface area (Å²) in [5.74, 6) is -0.396. The number of sulfone groups is 1. The van der Waals surface area contributed by atoms with Gasteiger partial charge in [0.1, 0.15) is 10.0 Å². The molecular weight excluding hydrogens is 300 g/mol. The number of halogens is 1. The first-order chi connectivity index (χ1) is 9.43. The summed E-state index contributed by atoms with van der Waals surface area (Å²) in [5.41, 5.74) is 0.359. The molecule has 0 saturated heterocycles. The van der Waals surface area contributed by atoms with Crippen LogP contribution in [0.5, 0.6) is 0 Å². The predicted octanol–water partition coefficient (Wildman–Crippen LogP) is 2.16. The van der Waals surface area contributed by atoms with Gasteiger partial charge in [-0.1, -0.05) is 23.7 Å². The molecule has 1 amide bonds. The molecule has 20 heavy (non-hydrogen) atoms. The minimum absolute atomic E-state index is 0.0155. The average molecular weight is 309 g/mol. The number of benzene rings is 1. The number of aromatic nitrogens is 1. The third-order valence-corrected chi connectivity index (χ3v) is 5.22. The molecule has 0 N–H and O–H groups in total. The van der Waals surface area contributed by atoms with E-state index in [1.54, 1.807) is 12.1 Å². The van der Waals surface area contributed by atoms with E-state index in [2.05, 4.69) is 4.98 Å². The molecular formula is C13H9ClN2O3S. The molecule has 3 rings (SSSR count). The lowest BCUT2D eigenvalue weighted by atomic mass is 10.2. The van der Waals surface area contributed by atoms with Crippen molar-refractivity contribution in [3.63, 3.8) is 0 Å². The van der Waals surface area contributed by atoms with Crippen LogP contribution in [0.4, 0.5) is 5.69 Å². The fraction of sp³-hybridized carbons (Fsp3) is 0.0769. The van der Waals surface area contributed by atoms with Gasteiger partial charge in [0.15, 0.2) is 0 Å². The summed E-state index contributed by atoms with van der Waals surface area (Å²) in [4.78, 5) is 17.5. The number of pyridine rings is 1. The molecule has 0 aliphatic carbocycles. The molecule has 1 aromatic carbocycles. The van der Waals surface area contributed by atoms with Crippen LogP contribution in [-0.2, 0) is 9.84 Å². The number of carbonyl (C=O) groups excluding carboxylic acids is 1. The van der Waals surface area contributed by atoms with E-state index in [4.69, 9.17) is 11.6 Å². The lowest BCUT2D eigenvalue weighted by Crippen LogP contribution is -2.26. The molecule has 2 aromatic rings. The molecule has 1 aliphatic heterocycles. The first-order valence-electron chi connectivity index (χ1n) is 5.70. The van der Waals surface area contributed by atoms with E-state index in [1.807, 2.05) is 0 Å². The maximum absolute atomic E-state index is 12.7. The SMILES string of the molecule is CN1C(=O)c2ccccc2S(=O)(=O)c2cc(Cl)ncc21. The molecule has 0 radical (unpaired) electrons. The van der Waals surface area contributed by atoms with Crippen molar-refractivity contribution in [2.45, 2.75) is 9.79 Å². The number of carbonyl (C=O) groups is 1. The summed E-state index contributed by atoms with van der Waals surface area (Å²) >= 11 is 5.79. The standard InChI is InChI=1S/C13H9ClN2O3S/c1-16-9-7-15-12(14)6-11(9)20(18,19)10-5-3-2-4-8(10)13(16)17/h2-7H,1H3. The van der Waals surface area contributed by atoms with Crippen molar-refractivity contribution in [3.05, 3.63) is 47.2 Å². The van der Waals surface area contributed by atoms with Crippen molar-refractivity contribution in [1.82, 2.24) is 4.98 Å². The normalized spacial score (nSPS) is 16.3. The molecule has 1 aliphatic rings. The van der Waals surface area contributed by atoms with Gasteiger partial charge in [-0.15, -0.1) is 0 Å². The minimum Gasteiger partial charge on any atom is -0.309 e. The molecule has 102 valence electrons. The van der Waals surface area contributed by atoms with Gasteiger partial charge in [0.05, 0.1) is 22.3 Å². The van der Waals surface area contributed by atoms with Gasteiger partial charge in [-0.05, 0) is 18.2 Å². The Morgan fingerprint density at radius 2 is 1.90 bits per heavy atom. The molecule has 1 aromatic heterocycles. The first-order valence-corrected chi connectivity index (χ1v) is 7.57. The summed E-state index contributed by atoms with van der Waals surface area (Å²) in [6.45, 7) is 0. The third kappa shape index (κ3) is 1.72. The Bertz CT molecular complexity index is 833. The van der Waals surface area contributed by atoms with Crippen LogP contribution in [-0.4, -0.2) is 26.4 Å². The van der Waals surface area contributed by atoms with Gasteiger partial charge < -0.3 is 4.90 Å². The molecule has 0 spiro atoms. The summed E-state index contributed by atoms with van der Waals surface area (Å²) in [5, 5.41) is 0.0626. The van der Waals surface area contributed by atoms with Crippen LogP contribution in [0.25, 0.3) is 0 Å². The van der Waals surface area contributed by atoms with E-state index in [0.717, 1.165) is 0 Å². The highest BCUT2D eigenvalue weighted by atomic mass is 35.5. The summed E-state index contributed by atoms with van der Waals surface area (Å²) in [7, 11) is -2.30. The summed E-state index contributed by atoms with van der Waals surface area (Å²) < 4.78 is 25.4. The maximum Gasteiger partial charge on any atom is 0.259 e. The van der Waals surface area contributed by atoms with E-state index in [9.17, 15) is 13.2 Å². The minimum atomic E-state index is -3.81. The second-order valence-corrected chi connectivity index (χ2v) is 6.61. The topological polar surface area (TPSA) is 67.3 Å². The lowest BCUT2D eigenvalue weighted by Gasteiger charge is -2.16. The molecule has 0 unspecified atom stereocenters. The summed E-state index contributed by atoms with van der Waals surface area (Å²) in [6.07, 6.45) is 1.29. The molecule has 0 bridgehead atoms. The van der Waals surface area contributed by atoms with E-state index < -0.39 is 15.7 Å². The zero-order valence-electron chi connectivity index (χ0n) is 10.4. The van der Waals surface area contributed by atoms with Crippen molar-refractivity contribution in [1.29, 1.82) is 0 Å². The van der Waals surface area contributed by atoms with Gasteiger partial charge in [-0.25, -0.2) is 13.4 Å². The number of fused-ring (bicyclic) bond motifs is 2. The molecule has 0 fully saturated rings. The smallest absolute Gasteiger partial charge is 0.259 e. The number of amides is 1. The number of hydrogen-bond acceptors (Lipinski definition) is 4. The van der Waals surface area contributed by atoms with E-state index in [1.165, 1.54) is 36.3 Å². The molecule has 5 nitrogen and oxygen atoms in total. The van der Waals surface area contributed by atoms with Gasteiger partial charge in [-0.3, -0.25) is 4.79 Å². The Morgan fingerprint density at radius 1 is 1.20 bits per heavy atom. The van der Waals surface area contributed by atoms with Gasteiger partial charge in [-0.2, -0.15) is 0 Å². The number of anilines is 1. The first kappa shape index (κ1) is 13.1. The Balaban J connectivity index is 2.46. The highest BCUT2D eigenvalue weighted by Gasteiger charge is 2.34. The monoisotopic (exact) mass is 308 g/mol. The second kappa shape index (κ2) is 4.29. The van der Waals surface area contributed by atoms with Crippen LogP contribution in [0.2, 0.25) is 5.15 Å². The van der Waals surface area contributed by atoms with E-state index in [0.29, 0.717) is 0 Å². The number of nitrogens with zero attached hydrogens (tertiary/aromatic N) is 2. The van der Waals surface area contributed by atoms with Gasteiger partial charge in [0, 0.05) is 7.05 Å². The van der Waals surface area contributed by atoms with Crippen molar-refractivity contribution in [2.24, 2.45) is 0 Å². The fourth-order valence-electron chi connectivity index (χ4n) is 2.16. The van der Waals surface area contributed by atoms with Crippen molar-refractivity contribution >= 4 is 33.0 Å². The van der Waals surface area contributed by atoms with Crippen LogP contribution in [0.3, 0.4) is 0 Å². The van der Waals surface area contributed by atoms with E-state index in [-0.39, 0.29) is 26.2 Å². The summed E-state index contributed by atoms with van der Waals surface area (Å²) in [6, 6.07) is 7.38. The Labute approximate surface area is 120 Å². The Hall–Kier alpha value is -1.92. The molecule has 0 atom stereocenters. The van der Waals surface area contributed by atoms with Crippen LogP contribution in [0.15, 0.2) is 46.3 Å². The van der Waals surface area contributed by atoms with Crippen molar-refractivity contribution < 1.29 is 13.2 Å². The second-order valence-electron chi connectivity index (χ2n) is 4.34. The lowest BCUT2D eigenvalue weighted by molar-refractivity contribution is 0.0990. The van der Waals surface area contributed by atoms with Crippen molar-refractivity contribution in [2.75, 3.05) is 11.9 Å². The predicted molar refractivity (Wildman–Crippen MR) is 73.9 cm³/mol. The number of hydrogen-bond donors (Lipinski definition) is 0. The van der Waals surface area contributed by atoms with E-state index >= 15 is 0 Å². The van der Waals surface area contributed by atoms with Crippen LogP contribution in [0.1, 0.15) is 10.4 Å². The third-order valence-electron chi connectivity index (χ3n) is 3.18. The highest BCUT2D eigenvalue weighted by Crippen LogP contribution is 2.36. The van der Waals surface area contributed by atoms with Gasteiger partial charge >= 0.3 is 0 Å². The van der Waals surface area contributed by atoms with Crippen LogP contribution < -0.4 is 4.90 Å². The van der Waals surface area contributed by atoms with Crippen molar-refractivity contribution in [3.8, 4) is 0 Å². The largest absolute Gasteiger partial charge is 0.309 e. The zero-order chi connectivity index (χ0) is 14.5. The Morgan fingerprint density at radius 3 is 2.65 bits per heavy atom. The van der Waals surface area contributed by atoms with Crippen LogP contribution in [0, 0.1) is 0 Å². The quantitative estimate of drug-likeness (QED) is 0.699. The maximum atomic E-state index is 12.7. The highest BCUT2D eigenvalue weighted by molar-refractivity contribution is 7.91. The van der Waals surface area contributed by atoms with Gasteiger partial charge in [0.25, 0.3) is 5.91 Å². The fourth-order valence-corrected chi connectivity index (χ4v) is 4.05. The number of rotatable bonds is 0. The molecule has 7 heteroatoms. The molecule has 0 saturated carbocycles. The van der Waals surface area contributed by atoms with Gasteiger partial charge in [0.2, 0.25) is 9.84 Å². The molecule has 2 heterocycles.